The zero-order chi connectivity index (χ0) is 13.5. The molecule has 1 aromatic rings. The number of hydrogen-bond donors (Lipinski definition) is 2. The van der Waals surface area contributed by atoms with Gasteiger partial charge in [0, 0.05) is 13.1 Å². The molecule has 0 fully saturated rings. The van der Waals surface area contributed by atoms with Crippen LogP contribution in [0.1, 0.15) is 25.8 Å². The number of carbonyl (C=O) groups is 1. The summed E-state index contributed by atoms with van der Waals surface area (Å²) in [6.07, 6.45) is 1.44. The van der Waals surface area contributed by atoms with Crippen molar-refractivity contribution in [2.75, 3.05) is 13.1 Å². The Kier molecular flexibility index (Phi) is 5.65. The van der Waals surface area contributed by atoms with Crippen molar-refractivity contribution >= 4 is 5.91 Å². The van der Waals surface area contributed by atoms with Crippen LogP contribution < -0.4 is 5.73 Å². The Bertz CT molecular complexity index is 376. The van der Waals surface area contributed by atoms with Crippen molar-refractivity contribution in [2.45, 2.75) is 32.7 Å². The van der Waals surface area contributed by atoms with E-state index in [0.717, 1.165) is 18.5 Å². The van der Waals surface area contributed by atoms with Gasteiger partial charge >= 0.3 is 0 Å². The molecule has 1 amide bonds. The largest absolute Gasteiger partial charge is 0.508 e. The maximum absolute atomic E-state index is 12.1. The minimum atomic E-state index is -0.513. The van der Waals surface area contributed by atoms with Crippen LogP contribution in [0.25, 0.3) is 0 Å². The molecule has 0 spiro atoms. The summed E-state index contributed by atoms with van der Waals surface area (Å²) in [4.78, 5) is 13.9. The first-order chi connectivity index (χ1) is 8.58. The molecule has 0 radical (unpaired) electrons. The number of phenolic OH excluding ortho intramolecular Hbond substituents is 1. The van der Waals surface area contributed by atoms with Gasteiger partial charge in [-0.25, -0.2) is 0 Å². The third-order valence-corrected chi connectivity index (χ3v) is 2.90. The molecule has 0 bridgehead atoms. The van der Waals surface area contributed by atoms with Gasteiger partial charge in [-0.2, -0.15) is 0 Å². The minimum Gasteiger partial charge on any atom is -0.508 e. The van der Waals surface area contributed by atoms with E-state index in [4.69, 9.17) is 5.73 Å². The molecule has 0 heterocycles. The number of phenols is 1. The zero-order valence-electron chi connectivity index (χ0n) is 11.1. The van der Waals surface area contributed by atoms with Gasteiger partial charge in [0.15, 0.2) is 0 Å². The van der Waals surface area contributed by atoms with Crippen molar-refractivity contribution < 1.29 is 9.90 Å². The van der Waals surface area contributed by atoms with Crippen LogP contribution in [-0.2, 0) is 11.2 Å². The van der Waals surface area contributed by atoms with E-state index >= 15 is 0 Å². The van der Waals surface area contributed by atoms with Crippen molar-refractivity contribution in [1.82, 2.24) is 4.90 Å². The molecule has 4 heteroatoms. The fourth-order valence-electron chi connectivity index (χ4n) is 1.90. The summed E-state index contributed by atoms with van der Waals surface area (Å²) in [5.41, 5.74) is 6.90. The maximum atomic E-state index is 12.1. The summed E-state index contributed by atoms with van der Waals surface area (Å²) >= 11 is 0. The molecular formula is C14H22N2O2. The lowest BCUT2D eigenvalue weighted by molar-refractivity contribution is -0.132. The Morgan fingerprint density at radius 3 is 2.44 bits per heavy atom. The van der Waals surface area contributed by atoms with Crippen LogP contribution in [-0.4, -0.2) is 35.0 Å². The molecule has 0 aliphatic heterocycles. The number of likely N-dealkylation sites (N-methyl/N-ethyl adjacent to an activating group) is 1. The Hall–Kier alpha value is -1.55. The molecule has 1 unspecified atom stereocenters. The Morgan fingerprint density at radius 1 is 1.33 bits per heavy atom. The van der Waals surface area contributed by atoms with E-state index in [1.54, 1.807) is 29.2 Å². The summed E-state index contributed by atoms with van der Waals surface area (Å²) in [5, 5.41) is 9.19. The van der Waals surface area contributed by atoms with Crippen LogP contribution in [0.15, 0.2) is 24.3 Å². The molecule has 100 valence electrons. The van der Waals surface area contributed by atoms with Crippen molar-refractivity contribution in [3.8, 4) is 5.75 Å². The molecule has 0 aliphatic rings. The van der Waals surface area contributed by atoms with Gasteiger partial charge in [0.05, 0.1) is 6.04 Å². The number of benzene rings is 1. The van der Waals surface area contributed by atoms with Crippen molar-refractivity contribution in [3.05, 3.63) is 29.8 Å². The number of carbonyl (C=O) groups excluding carboxylic acids is 1. The highest BCUT2D eigenvalue weighted by molar-refractivity contribution is 5.82. The van der Waals surface area contributed by atoms with E-state index in [1.165, 1.54) is 0 Å². The van der Waals surface area contributed by atoms with Gasteiger partial charge in [0.25, 0.3) is 0 Å². The SMILES string of the molecule is CCCN(CC)C(=O)C(N)Cc1ccc(O)cc1. The van der Waals surface area contributed by atoms with Gasteiger partial charge in [-0.3, -0.25) is 4.79 Å². The lowest BCUT2D eigenvalue weighted by atomic mass is 10.1. The molecule has 0 aromatic heterocycles. The molecule has 18 heavy (non-hydrogen) atoms. The van der Waals surface area contributed by atoms with Crippen LogP contribution >= 0.6 is 0 Å². The second-order valence-corrected chi connectivity index (χ2v) is 4.39. The van der Waals surface area contributed by atoms with Gasteiger partial charge in [-0.15, -0.1) is 0 Å². The van der Waals surface area contributed by atoms with E-state index in [9.17, 15) is 9.90 Å². The minimum absolute atomic E-state index is 0.00701. The lowest BCUT2D eigenvalue weighted by Crippen LogP contribution is -2.45. The van der Waals surface area contributed by atoms with Crippen molar-refractivity contribution in [3.63, 3.8) is 0 Å². The number of nitrogens with zero attached hydrogens (tertiary/aromatic N) is 1. The highest BCUT2D eigenvalue weighted by Crippen LogP contribution is 2.11. The van der Waals surface area contributed by atoms with E-state index in [-0.39, 0.29) is 11.7 Å². The van der Waals surface area contributed by atoms with Gasteiger partial charge in [-0.1, -0.05) is 19.1 Å². The average Bonchev–Trinajstić information content (AvgIpc) is 2.37. The third kappa shape index (κ3) is 4.04. The van der Waals surface area contributed by atoms with Gasteiger partial charge < -0.3 is 15.7 Å². The second kappa shape index (κ2) is 7.01. The van der Waals surface area contributed by atoms with Crippen LogP contribution in [0.5, 0.6) is 5.75 Å². The molecule has 3 N–H and O–H groups in total. The Labute approximate surface area is 108 Å². The van der Waals surface area contributed by atoms with Crippen LogP contribution in [0.4, 0.5) is 0 Å². The fraction of sp³-hybridized carbons (Fsp3) is 0.500. The fourth-order valence-corrected chi connectivity index (χ4v) is 1.90. The normalized spacial score (nSPS) is 12.2. The first-order valence-electron chi connectivity index (χ1n) is 6.40. The topological polar surface area (TPSA) is 66.6 Å². The second-order valence-electron chi connectivity index (χ2n) is 4.39. The quantitative estimate of drug-likeness (QED) is 0.804. The van der Waals surface area contributed by atoms with Crippen molar-refractivity contribution in [1.29, 1.82) is 0 Å². The predicted molar refractivity (Wildman–Crippen MR) is 72.3 cm³/mol. The molecule has 4 nitrogen and oxygen atoms in total. The Balaban J connectivity index is 2.61. The molecule has 1 aromatic carbocycles. The number of nitrogens with two attached hydrogens (primary N) is 1. The standard InChI is InChI=1S/C14H22N2O2/c1-3-9-16(4-2)14(18)13(15)10-11-5-7-12(17)8-6-11/h5-8,13,17H,3-4,9-10,15H2,1-2H3. The Morgan fingerprint density at radius 2 is 1.94 bits per heavy atom. The molecular weight excluding hydrogens is 228 g/mol. The van der Waals surface area contributed by atoms with E-state index in [1.807, 2.05) is 13.8 Å². The van der Waals surface area contributed by atoms with Gasteiger partial charge in [0.1, 0.15) is 5.75 Å². The number of aromatic hydroxyl groups is 1. The van der Waals surface area contributed by atoms with E-state index < -0.39 is 6.04 Å². The van der Waals surface area contributed by atoms with E-state index in [2.05, 4.69) is 0 Å². The first kappa shape index (κ1) is 14.5. The summed E-state index contributed by atoms with van der Waals surface area (Å²) in [5.74, 6) is 0.215. The highest BCUT2D eigenvalue weighted by atomic mass is 16.3. The number of rotatable bonds is 6. The molecule has 1 atom stereocenters. The predicted octanol–water partition coefficient (Wildman–Crippen LogP) is 1.52. The smallest absolute Gasteiger partial charge is 0.239 e. The number of hydrogen-bond acceptors (Lipinski definition) is 3. The molecule has 0 aliphatic carbocycles. The summed E-state index contributed by atoms with van der Waals surface area (Å²) < 4.78 is 0. The zero-order valence-corrected chi connectivity index (χ0v) is 11.1. The highest BCUT2D eigenvalue weighted by Gasteiger charge is 2.19. The van der Waals surface area contributed by atoms with Crippen LogP contribution in [0.3, 0.4) is 0 Å². The first-order valence-corrected chi connectivity index (χ1v) is 6.40. The molecule has 0 saturated carbocycles. The monoisotopic (exact) mass is 250 g/mol. The van der Waals surface area contributed by atoms with Gasteiger partial charge in [0.2, 0.25) is 5.91 Å². The van der Waals surface area contributed by atoms with Crippen LogP contribution in [0, 0.1) is 0 Å². The number of amides is 1. The maximum Gasteiger partial charge on any atom is 0.239 e. The molecule has 1 rings (SSSR count). The van der Waals surface area contributed by atoms with E-state index in [0.29, 0.717) is 13.0 Å². The molecule has 0 saturated heterocycles. The van der Waals surface area contributed by atoms with Crippen molar-refractivity contribution in [2.24, 2.45) is 5.73 Å². The third-order valence-electron chi connectivity index (χ3n) is 2.90. The average molecular weight is 250 g/mol. The lowest BCUT2D eigenvalue weighted by Gasteiger charge is -2.23. The van der Waals surface area contributed by atoms with Gasteiger partial charge in [-0.05, 0) is 37.5 Å². The van der Waals surface area contributed by atoms with Crippen LogP contribution in [0.2, 0.25) is 0 Å². The summed E-state index contributed by atoms with van der Waals surface area (Å²) in [6, 6.07) is 6.28. The summed E-state index contributed by atoms with van der Waals surface area (Å²) in [6.45, 7) is 5.44. The summed E-state index contributed by atoms with van der Waals surface area (Å²) in [7, 11) is 0.